The number of alkyl halides is 1. The molecule has 2 atom stereocenters. The van der Waals surface area contributed by atoms with Crippen molar-refractivity contribution in [1.29, 1.82) is 0 Å². The molecule has 5 aromatic carbocycles. The number of ketones is 1. The fourth-order valence-electron chi connectivity index (χ4n) is 12.0. The number of esters is 1. The summed E-state index contributed by atoms with van der Waals surface area (Å²) in [5, 5.41) is 42.7. The van der Waals surface area contributed by atoms with E-state index >= 15 is 0 Å². The molecule has 14 rings (SSSR count). The molecule has 123 heavy (non-hydrogen) atoms. The van der Waals surface area contributed by atoms with Crippen LogP contribution in [0.2, 0.25) is 0 Å². The number of rotatable bonds is 16. The molecule has 3 aliphatic rings. The Hall–Kier alpha value is -9.23. The first-order valence-corrected chi connectivity index (χ1v) is 46.6. The summed E-state index contributed by atoms with van der Waals surface area (Å²) in [6, 6.07) is 32.0. The lowest BCUT2D eigenvalue weighted by atomic mass is 10.0. The number of carboxylic acid groups (broad SMARTS) is 2. The van der Waals surface area contributed by atoms with Crippen LogP contribution in [0.4, 0.5) is 4.39 Å². The molecule has 6 aromatic heterocycles. The summed E-state index contributed by atoms with van der Waals surface area (Å²) in [5.74, 6) is -3.04. The van der Waals surface area contributed by atoms with Crippen molar-refractivity contribution in [2.75, 3.05) is 34.7 Å². The van der Waals surface area contributed by atoms with E-state index in [0.717, 1.165) is 66.8 Å². The first kappa shape index (κ1) is 104. The highest BCUT2D eigenvalue weighted by Crippen LogP contribution is 2.32. The molecule has 9 heterocycles. The molecule has 0 radical (unpaired) electrons. The van der Waals surface area contributed by atoms with E-state index < -0.39 is 47.5 Å². The number of likely N-dealkylation sites (N-methyl/N-ethyl adjacent to an activating group) is 1. The molecule has 0 unspecified atom stereocenters. The molecule has 11 aromatic rings. The van der Waals surface area contributed by atoms with E-state index in [2.05, 4.69) is 202 Å². The SMILES string of the molecule is C.CNC(=O)C1=NCc2ccc(Br)cc21.CNC(=O)c1nn(CC(=O)N2C[C@H](F)C[C@H]2C(=O)Cc2cccc(Br)n2)c2ccc(-c3cnc(C)nc3)cc12.CNC(=O)c1nn(CC(=O)O)c2ccc(-c3cnc(C)nc3)cc12.CNC(=O)c1nn(CC(=O)OC(C)(C)C)c2ccc(Br)cc12.O=C(O)C1=NCc2ccc(Br)cc21.S.S=S.S=S=S.S=S=S=S. The van der Waals surface area contributed by atoms with Gasteiger partial charge in [-0.05, 0) is 152 Å². The Balaban J connectivity index is 0.000000279. The lowest BCUT2D eigenvalue weighted by Crippen LogP contribution is -2.43. The highest BCUT2D eigenvalue weighted by Gasteiger charge is 2.40. The normalized spacial score (nSPS) is 12.8. The Kier molecular flexibility index (Phi) is 42.4. The quantitative estimate of drug-likeness (QED) is 0.0386. The zero-order valence-corrected chi connectivity index (χ0v) is 80.5. The minimum Gasteiger partial charge on any atom is -0.480 e. The number of halogens is 5. The third kappa shape index (κ3) is 29.2. The van der Waals surface area contributed by atoms with E-state index in [1.165, 1.54) is 50.8 Å². The molecule has 3 aliphatic heterocycles. The number of amides is 5. The Morgan fingerprint density at radius 1 is 0.553 bits per heavy atom. The monoisotopic (exact) mass is 2110 g/mol. The molecule has 5 amide bonds. The second kappa shape index (κ2) is 50.1. The van der Waals surface area contributed by atoms with Crippen molar-refractivity contribution in [3.8, 4) is 22.3 Å². The molecule has 0 aliphatic carbocycles. The van der Waals surface area contributed by atoms with Gasteiger partial charge in [0.1, 0.15) is 53.4 Å². The average molecular weight is 2120 g/mol. The number of carboxylic acids is 2. The summed E-state index contributed by atoms with van der Waals surface area (Å²) in [7, 11) is 9.41. The minimum absolute atomic E-state index is 0. The molecule has 6 N–H and O–H groups in total. The third-order valence-electron chi connectivity index (χ3n) is 17.2. The Morgan fingerprint density at radius 2 is 0.959 bits per heavy atom. The summed E-state index contributed by atoms with van der Waals surface area (Å²) >= 11 is 37.6. The third-order valence-corrected chi connectivity index (χ3v) is 21.4. The number of fused-ring (bicyclic) bond motifs is 5. The number of nitrogens with zero attached hydrogens (tertiary/aromatic N) is 14. The standard InChI is InChI=1S/C27H25BrFN7O3.C16H15N5O3.C15H18BrN3O3.C10H9BrN2O.C9H6BrNO2.CH4.S4.S3.S2.H2S/c1-15-31-11-17(12-32-15)16-6-7-21-20(8-16)26(27(39)30-2)34-36(21)14-25(38)35-13-18(29)9-22(35)23(37)10-19-4-3-5-24(28)33-19;1-9-18-6-11(7-19-9)10-3-4-13-12(5-10)15(16(24)17-2)20-21(13)8-14(22)23;1-15(2,3)22-12(20)8-19-11-6-5-9(16)7-10(11)13(18-19)14(21)17-4;1-12-10(14)9-8-4-7(11)3-2-6(8)5-13-9;10-6-2-1-5-4-11-8(9(12)13)7(5)3-6;;1-3-4-2;1-3-2;1-2;/h3-8,11-12,18,22H,9-10,13-14H2,1-2H3,(H,30,39);3-7H,8H2,1-2H3,(H,17,24)(H,22,23);5-7H,8H2,1-4H3,(H,17,21);2-4H,5H2,1H3,(H,12,14);1-3H,4H2,(H,12,13);1H4;;;;1H2/t18-,22+;;;;;;;;;/m1........./s1. The van der Waals surface area contributed by atoms with Gasteiger partial charge in [0.05, 0.1) is 48.6 Å². The van der Waals surface area contributed by atoms with Gasteiger partial charge >= 0.3 is 17.9 Å². The van der Waals surface area contributed by atoms with Crippen LogP contribution in [0.25, 0.3) is 55.0 Å². The van der Waals surface area contributed by atoms with Crippen molar-refractivity contribution in [2.24, 2.45) is 9.98 Å². The number of pyridine rings is 1. The number of aromatic nitrogens is 11. The van der Waals surface area contributed by atoms with Crippen molar-refractivity contribution in [3.63, 3.8) is 0 Å². The number of hydrogen-bond acceptors (Lipinski definition) is 26. The molecule has 45 heteroatoms. The van der Waals surface area contributed by atoms with E-state index in [0.29, 0.717) is 73.5 Å². The molecule has 1 fully saturated rings. The first-order valence-electron chi connectivity index (χ1n) is 35.4. The highest BCUT2D eigenvalue weighted by atomic mass is 79.9. The van der Waals surface area contributed by atoms with Crippen molar-refractivity contribution in [2.45, 2.75) is 105 Å². The number of carbonyl (C=O) groups is 9. The van der Waals surface area contributed by atoms with Gasteiger partial charge in [-0.1, -0.05) is 85.5 Å². The van der Waals surface area contributed by atoms with Crippen LogP contribution >= 0.6 is 77.2 Å². The predicted molar refractivity (Wildman–Crippen MR) is 512 cm³/mol. The summed E-state index contributed by atoms with van der Waals surface area (Å²) in [6.45, 7) is 9.28. The second-order valence-corrected chi connectivity index (χ2v) is 35.3. The average Bonchev–Trinajstić information content (AvgIpc) is 1.63. The fraction of sp³-hybridized carbons (Fsp3) is 0.269. The molecule has 30 nitrogen and oxygen atoms in total. The smallest absolute Gasteiger partial charge is 0.354 e. The number of Topliss-reactive ketones (excluding diaryl/α,β-unsaturated/α-hetero) is 1. The largest absolute Gasteiger partial charge is 0.480 e. The number of likely N-dealkylation sites (tertiary alicyclic amines) is 1. The van der Waals surface area contributed by atoms with E-state index in [1.807, 2.05) is 54.6 Å². The predicted octanol–water partition coefficient (Wildman–Crippen LogP) is 10.9. The fourth-order valence-corrected chi connectivity index (χ4v) is 13.5. The number of aliphatic imine (C=N–C) groups is 2. The Bertz CT molecular complexity index is 5940. The van der Waals surface area contributed by atoms with Gasteiger partial charge < -0.3 is 41.1 Å². The van der Waals surface area contributed by atoms with E-state index in [4.69, 9.17) is 14.9 Å². The second-order valence-electron chi connectivity index (χ2n) is 26.4. The van der Waals surface area contributed by atoms with Gasteiger partial charge in [0, 0.05) is 211 Å². The number of hydrogen-bond donors (Lipinski definition) is 6. The van der Waals surface area contributed by atoms with Gasteiger partial charge in [-0.2, -0.15) is 28.8 Å². The van der Waals surface area contributed by atoms with Crippen LogP contribution in [-0.4, -0.2) is 187 Å². The van der Waals surface area contributed by atoms with Crippen LogP contribution in [0.1, 0.15) is 106 Å². The number of benzene rings is 5. The van der Waals surface area contributed by atoms with Crippen LogP contribution in [0, 0.1) is 13.8 Å². The van der Waals surface area contributed by atoms with Crippen molar-refractivity contribution < 1.29 is 62.5 Å². The van der Waals surface area contributed by atoms with Crippen LogP contribution in [0.3, 0.4) is 0 Å². The van der Waals surface area contributed by atoms with Crippen LogP contribution in [0.5, 0.6) is 0 Å². The minimum atomic E-state index is -1.31. The molecule has 0 spiro atoms. The number of aryl methyl sites for hydroxylation is 2. The van der Waals surface area contributed by atoms with Crippen LogP contribution in [-0.2, 0) is 166 Å². The number of ether oxygens (including phenoxy) is 1. The van der Waals surface area contributed by atoms with Gasteiger partial charge in [0.25, 0.3) is 23.6 Å². The lowest BCUT2D eigenvalue weighted by molar-refractivity contribution is -0.155. The van der Waals surface area contributed by atoms with E-state index in [-0.39, 0.29) is 106 Å². The molecule has 1 saturated heterocycles. The molecular weight excluding hydrogens is 2040 g/mol. The topological polar surface area (TPSA) is 397 Å². The maximum atomic E-state index is 14.5. The Morgan fingerprint density at radius 3 is 1.38 bits per heavy atom. The van der Waals surface area contributed by atoms with Crippen LogP contribution < -0.4 is 21.3 Å². The van der Waals surface area contributed by atoms with Crippen molar-refractivity contribution in [1.82, 2.24) is 80.4 Å². The zero-order chi connectivity index (χ0) is 89.1. The summed E-state index contributed by atoms with van der Waals surface area (Å²) < 4.78 is 27.2. The maximum Gasteiger partial charge on any atom is 0.354 e. The number of aliphatic carboxylic acids is 2. The van der Waals surface area contributed by atoms with Crippen molar-refractivity contribution in [3.05, 3.63) is 209 Å². The first-order chi connectivity index (χ1) is 57.7. The van der Waals surface area contributed by atoms with Crippen LogP contribution in [0.15, 0.2) is 162 Å². The van der Waals surface area contributed by atoms with Gasteiger partial charge in [0.15, 0.2) is 28.6 Å². The highest BCUT2D eigenvalue weighted by molar-refractivity contribution is 9.11. The molecule has 0 bridgehead atoms. The van der Waals surface area contributed by atoms with Gasteiger partial charge in [-0.3, -0.25) is 62.4 Å². The van der Waals surface area contributed by atoms with Gasteiger partial charge in [0.2, 0.25) is 5.91 Å². The zero-order valence-electron chi connectivity index (χ0n) is 65.8. The number of nitrogens with one attached hydrogen (secondary N) is 4. The van der Waals surface area contributed by atoms with E-state index in [9.17, 15) is 47.5 Å². The van der Waals surface area contributed by atoms with Crippen molar-refractivity contribution >= 4 is 268 Å². The maximum absolute atomic E-state index is 14.5. The summed E-state index contributed by atoms with van der Waals surface area (Å²) in [5.41, 5.74) is 10.0. The molecule has 0 saturated carbocycles. The summed E-state index contributed by atoms with van der Waals surface area (Å²) in [6.07, 6.45) is 5.39. The Labute approximate surface area is 784 Å². The van der Waals surface area contributed by atoms with Gasteiger partial charge in [-0.15, -0.1) is 0 Å². The summed E-state index contributed by atoms with van der Waals surface area (Å²) in [4.78, 5) is 139. The van der Waals surface area contributed by atoms with Gasteiger partial charge in [-0.25, -0.2) is 34.1 Å². The van der Waals surface area contributed by atoms with E-state index in [1.54, 1.807) is 128 Å². The molecular formula is C78H79Br4FN18O12S10. The number of carbonyl (C=O) groups excluding carboxylic acids is 7. The lowest BCUT2D eigenvalue weighted by Gasteiger charge is -2.23. The molecule has 648 valence electrons.